The van der Waals surface area contributed by atoms with E-state index in [1.165, 1.54) is 6.20 Å². The molecule has 0 saturated carbocycles. The summed E-state index contributed by atoms with van der Waals surface area (Å²) in [6.07, 6.45) is 3.12. The number of fused-ring (bicyclic) bond motifs is 1. The molecule has 0 bridgehead atoms. The lowest BCUT2D eigenvalue weighted by atomic mass is 10.0. The van der Waals surface area contributed by atoms with Crippen LogP contribution in [0.15, 0.2) is 82.4 Å². The molecule has 7 heteroatoms. The van der Waals surface area contributed by atoms with Crippen molar-refractivity contribution in [2.45, 2.75) is 26.4 Å². The van der Waals surface area contributed by atoms with E-state index in [-0.39, 0.29) is 11.0 Å². The SMILES string of the molecule is C/C(N)=C/C1=NC(C)c2c([nH]cc(C(=O)NCc3ccc(-c4ccccc4)cc3)c2=O)N1. The van der Waals surface area contributed by atoms with Crippen molar-refractivity contribution in [3.05, 3.63) is 99.5 Å². The van der Waals surface area contributed by atoms with Gasteiger partial charge in [-0.15, -0.1) is 0 Å². The Labute approximate surface area is 186 Å². The van der Waals surface area contributed by atoms with E-state index in [2.05, 4.69) is 32.7 Å². The summed E-state index contributed by atoms with van der Waals surface area (Å²) in [4.78, 5) is 33.2. The molecule has 1 unspecified atom stereocenters. The molecule has 4 rings (SSSR count). The first-order valence-electron chi connectivity index (χ1n) is 10.4. The largest absolute Gasteiger partial charge is 0.402 e. The number of H-pyrrole nitrogens is 1. The smallest absolute Gasteiger partial charge is 0.257 e. The molecule has 1 amide bonds. The van der Waals surface area contributed by atoms with Crippen LogP contribution in [0.3, 0.4) is 0 Å². The van der Waals surface area contributed by atoms with Gasteiger partial charge in [0.25, 0.3) is 5.91 Å². The molecular formula is C25H25N5O2. The molecule has 2 aromatic carbocycles. The highest BCUT2D eigenvalue weighted by molar-refractivity contribution is 6.05. The van der Waals surface area contributed by atoms with Crippen LogP contribution in [-0.4, -0.2) is 16.7 Å². The van der Waals surface area contributed by atoms with Gasteiger partial charge >= 0.3 is 0 Å². The molecule has 0 fully saturated rings. The molecule has 0 spiro atoms. The first-order valence-corrected chi connectivity index (χ1v) is 10.4. The summed E-state index contributed by atoms with van der Waals surface area (Å²) >= 11 is 0. The van der Waals surface area contributed by atoms with Gasteiger partial charge in [0, 0.05) is 18.4 Å². The monoisotopic (exact) mass is 427 g/mol. The van der Waals surface area contributed by atoms with Crippen LogP contribution in [0.4, 0.5) is 5.82 Å². The fourth-order valence-corrected chi connectivity index (χ4v) is 3.66. The summed E-state index contributed by atoms with van der Waals surface area (Å²) in [5.74, 6) is 0.663. The summed E-state index contributed by atoms with van der Waals surface area (Å²) in [6.45, 7) is 3.89. The molecular weight excluding hydrogens is 402 g/mol. The van der Waals surface area contributed by atoms with Gasteiger partial charge in [0.05, 0.1) is 11.6 Å². The van der Waals surface area contributed by atoms with Crippen LogP contribution >= 0.6 is 0 Å². The molecule has 5 N–H and O–H groups in total. The Hall–Kier alpha value is -4.13. The molecule has 162 valence electrons. The van der Waals surface area contributed by atoms with Crippen molar-refractivity contribution in [3.8, 4) is 11.1 Å². The summed E-state index contributed by atoms with van der Waals surface area (Å²) in [7, 11) is 0. The lowest BCUT2D eigenvalue weighted by Gasteiger charge is -2.21. The van der Waals surface area contributed by atoms with E-state index >= 15 is 0 Å². The predicted octanol–water partition coefficient (Wildman–Crippen LogP) is 3.72. The number of nitrogens with one attached hydrogen (secondary N) is 3. The number of anilines is 1. The van der Waals surface area contributed by atoms with Crippen LogP contribution in [0.5, 0.6) is 0 Å². The second-order valence-corrected chi connectivity index (χ2v) is 7.77. The molecule has 1 aliphatic rings. The van der Waals surface area contributed by atoms with E-state index in [1.807, 2.05) is 49.4 Å². The molecule has 0 saturated heterocycles. The normalized spacial score (nSPS) is 15.4. The average Bonchev–Trinajstić information content (AvgIpc) is 2.78. The second kappa shape index (κ2) is 8.93. The van der Waals surface area contributed by atoms with E-state index in [0.29, 0.717) is 29.5 Å². The molecule has 2 heterocycles. The minimum absolute atomic E-state index is 0.0579. The number of carbonyl (C=O) groups excluding carboxylic acids is 1. The number of aromatic nitrogens is 1. The van der Waals surface area contributed by atoms with Crippen LogP contribution in [0.25, 0.3) is 11.1 Å². The number of aliphatic imine (C=N–C) groups is 1. The van der Waals surface area contributed by atoms with Gasteiger partial charge in [0.15, 0.2) is 0 Å². The van der Waals surface area contributed by atoms with Gasteiger partial charge < -0.3 is 21.4 Å². The van der Waals surface area contributed by atoms with Crippen LogP contribution in [-0.2, 0) is 6.54 Å². The van der Waals surface area contributed by atoms with Crippen LogP contribution in [0, 0.1) is 0 Å². The zero-order valence-corrected chi connectivity index (χ0v) is 18.0. The average molecular weight is 428 g/mol. The lowest BCUT2D eigenvalue weighted by molar-refractivity contribution is 0.0949. The first kappa shape index (κ1) is 21.1. The number of carbonyl (C=O) groups is 1. The maximum absolute atomic E-state index is 13.0. The highest BCUT2D eigenvalue weighted by Gasteiger charge is 2.24. The number of amides is 1. The van der Waals surface area contributed by atoms with Gasteiger partial charge in [-0.3, -0.25) is 14.6 Å². The Kier molecular flexibility index (Phi) is 5.89. The summed E-state index contributed by atoms with van der Waals surface area (Å²) in [5, 5.41) is 5.88. The van der Waals surface area contributed by atoms with Crippen LogP contribution < -0.4 is 21.8 Å². The number of nitrogens with zero attached hydrogens (tertiary/aromatic N) is 1. The van der Waals surface area contributed by atoms with Crippen molar-refractivity contribution in [1.82, 2.24) is 10.3 Å². The van der Waals surface area contributed by atoms with Crippen molar-refractivity contribution >= 4 is 17.6 Å². The maximum atomic E-state index is 13.0. The third kappa shape index (κ3) is 4.46. The van der Waals surface area contributed by atoms with E-state index in [4.69, 9.17) is 5.73 Å². The van der Waals surface area contributed by atoms with Crippen molar-refractivity contribution in [2.24, 2.45) is 10.7 Å². The van der Waals surface area contributed by atoms with Gasteiger partial charge in [0.2, 0.25) is 5.43 Å². The summed E-state index contributed by atoms with van der Waals surface area (Å²) in [6, 6.07) is 17.6. The zero-order valence-electron chi connectivity index (χ0n) is 18.0. The standard InChI is InChI=1S/C25H25N5O2/c1-15(26)12-21-29-16(2)22-23(31)20(14-27-24(22)30-21)25(32)28-13-17-8-10-19(11-9-17)18-6-4-3-5-7-18/h3-12,14,16H,13,26H2,1-2H3,(H,28,32)(H2,27,29,30,31)/b15-12-. The van der Waals surface area contributed by atoms with Crippen LogP contribution in [0.2, 0.25) is 0 Å². The van der Waals surface area contributed by atoms with Crippen molar-refractivity contribution in [3.63, 3.8) is 0 Å². The predicted molar refractivity (Wildman–Crippen MR) is 128 cm³/mol. The molecule has 7 nitrogen and oxygen atoms in total. The Bertz CT molecular complexity index is 1250. The van der Waals surface area contributed by atoms with E-state index < -0.39 is 11.9 Å². The van der Waals surface area contributed by atoms with Crippen molar-refractivity contribution in [1.29, 1.82) is 0 Å². The number of amidine groups is 1. The molecule has 0 radical (unpaired) electrons. The number of pyridine rings is 1. The minimum Gasteiger partial charge on any atom is -0.402 e. The first-order chi connectivity index (χ1) is 15.4. The lowest BCUT2D eigenvalue weighted by Crippen LogP contribution is -2.33. The Balaban J connectivity index is 1.47. The third-order valence-corrected chi connectivity index (χ3v) is 5.25. The molecule has 0 aliphatic carbocycles. The highest BCUT2D eigenvalue weighted by atomic mass is 16.2. The number of hydrogen-bond acceptors (Lipinski definition) is 5. The quantitative estimate of drug-likeness (QED) is 0.497. The molecule has 3 aromatic rings. The third-order valence-electron chi connectivity index (χ3n) is 5.25. The van der Waals surface area contributed by atoms with Gasteiger partial charge in [-0.25, -0.2) is 0 Å². The zero-order chi connectivity index (χ0) is 22.7. The van der Waals surface area contributed by atoms with Crippen molar-refractivity contribution < 1.29 is 4.79 Å². The number of hydrogen-bond donors (Lipinski definition) is 4. The maximum Gasteiger partial charge on any atom is 0.257 e. The molecule has 1 atom stereocenters. The van der Waals surface area contributed by atoms with Crippen molar-refractivity contribution in [2.75, 3.05) is 5.32 Å². The number of aromatic amines is 1. The van der Waals surface area contributed by atoms with Gasteiger partial charge in [-0.1, -0.05) is 54.6 Å². The summed E-state index contributed by atoms with van der Waals surface area (Å²) in [5.41, 5.74) is 9.64. The fraction of sp³-hybridized carbons (Fsp3) is 0.160. The Morgan fingerprint density at radius 1 is 1.12 bits per heavy atom. The highest BCUT2D eigenvalue weighted by Crippen LogP contribution is 2.25. The number of rotatable bonds is 5. The fourth-order valence-electron chi connectivity index (χ4n) is 3.66. The topological polar surface area (TPSA) is 112 Å². The number of nitrogens with two attached hydrogens (primary N) is 1. The minimum atomic E-state index is -0.430. The second-order valence-electron chi connectivity index (χ2n) is 7.77. The summed E-state index contributed by atoms with van der Waals surface area (Å²) < 4.78 is 0. The van der Waals surface area contributed by atoms with E-state index in [1.54, 1.807) is 13.0 Å². The Morgan fingerprint density at radius 3 is 2.50 bits per heavy atom. The number of allylic oxidation sites excluding steroid dienone is 1. The molecule has 32 heavy (non-hydrogen) atoms. The number of benzene rings is 2. The van der Waals surface area contributed by atoms with Gasteiger partial charge in [-0.2, -0.15) is 0 Å². The van der Waals surface area contributed by atoms with Gasteiger partial charge in [-0.05, 0) is 36.6 Å². The van der Waals surface area contributed by atoms with E-state index in [9.17, 15) is 9.59 Å². The Morgan fingerprint density at radius 2 is 1.81 bits per heavy atom. The molecule has 1 aliphatic heterocycles. The van der Waals surface area contributed by atoms with Gasteiger partial charge in [0.1, 0.15) is 17.2 Å². The van der Waals surface area contributed by atoms with E-state index in [0.717, 1.165) is 16.7 Å². The van der Waals surface area contributed by atoms with Crippen LogP contribution in [0.1, 0.15) is 41.4 Å². The molecule has 1 aromatic heterocycles.